The Bertz CT molecular complexity index is 1270. The summed E-state index contributed by atoms with van der Waals surface area (Å²) >= 11 is 0. The molecule has 32 heavy (non-hydrogen) atoms. The van der Waals surface area contributed by atoms with Crippen LogP contribution in [-0.4, -0.2) is 17.7 Å². The summed E-state index contributed by atoms with van der Waals surface area (Å²) < 4.78 is 19.0. The van der Waals surface area contributed by atoms with Crippen molar-refractivity contribution >= 4 is 23.3 Å². The zero-order valence-corrected chi connectivity index (χ0v) is 17.5. The SMILES string of the molecule is Cc1ccc(NC(=O)[C@]23C(=O)Oc4ccccc4[C@@H]2[C@@]3(C)C(=O)c2ccc(F)cc2)cc1. The summed E-state index contributed by atoms with van der Waals surface area (Å²) in [6.07, 6.45) is 0. The van der Waals surface area contributed by atoms with Gasteiger partial charge in [-0.2, -0.15) is 0 Å². The van der Waals surface area contributed by atoms with Crippen molar-refractivity contribution in [1.29, 1.82) is 0 Å². The number of para-hydroxylation sites is 1. The normalized spacial score (nSPS) is 25.2. The largest absolute Gasteiger partial charge is 0.425 e. The van der Waals surface area contributed by atoms with Gasteiger partial charge in [-0.25, -0.2) is 4.39 Å². The smallest absolute Gasteiger partial charge is 0.328 e. The van der Waals surface area contributed by atoms with E-state index in [4.69, 9.17) is 4.74 Å². The average molecular weight is 429 g/mol. The van der Waals surface area contributed by atoms with E-state index < -0.39 is 40.2 Å². The van der Waals surface area contributed by atoms with Gasteiger partial charge in [0, 0.05) is 22.7 Å². The molecule has 0 radical (unpaired) electrons. The number of anilines is 1. The maximum atomic E-state index is 13.7. The molecule has 3 aromatic carbocycles. The van der Waals surface area contributed by atoms with Crippen molar-refractivity contribution in [3.63, 3.8) is 0 Å². The topological polar surface area (TPSA) is 72.5 Å². The van der Waals surface area contributed by atoms with Gasteiger partial charge in [0.05, 0.1) is 5.41 Å². The van der Waals surface area contributed by atoms with Crippen molar-refractivity contribution in [3.8, 4) is 5.75 Å². The number of hydrogen-bond acceptors (Lipinski definition) is 4. The highest BCUT2D eigenvalue weighted by atomic mass is 19.1. The van der Waals surface area contributed by atoms with Crippen molar-refractivity contribution in [1.82, 2.24) is 0 Å². The summed E-state index contributed by atoms with van der Waals surface area (Å²) in [6, 6.07) is 19.2. The van der Waals surface area contributed by atoms with E-state index in [2.05, 4.69) is 5.32 Å². The zero-order chi connectivity index (χ0) is 22.7. The van der Waals surface area contributed by atoms with Crippen LogP contribution in [0, 0.1) is 23.6 Å². The molecular formula is C26H20FNO4. The molecule has 1 amide bonds. The maximum Gasteiger partial charge on any atom is 0.328 e. The van der Waals surface area contributed by atoms with Crippen molar-refractivity contribution in [3.05, 3.63) is 95.3 Å². The molecule has 0 unspecified atom stereocenters. The molecule has 2 aliphatic rings. The number of amides is 1. The molecule has 0 bridgehead atoms. The number of fused-ring (bicyclic) bond motifs is 3. The Balaban J connectivity index is 1.62. The minimum atomic E-state index is -1.72. The predicted molar refractivity (Wildman–Crippen MR) is 116 cm³/mol. The van der Waals surface area contributed by atoms with Crippen LogP contribution in [0.2, 0.25) is 0 Å². The van der Waals surface area contributed by atoms with E-state index in [1.807, 2.05) is 19.1 Å². The van der Waals surface area contributed by atoms with Gasteiger partial charge in [0.2, 0.25) is 5.91 Å². The zero-order valence-electron chi connectivity index (χ0n) is 17.5. The number of hydrogen-bond donors (Lipinski definition) is 1. The maximum absolute atomic E-state index is 13.7. The van der Waals surface area contributed by atoms with Gasteiger partial charge in [0.1, 0.15) is 11.6 Å². The van der Waals surface area contributed by atoms with Gasteiger partial charge in [0.15, 0.2) is 11.2 Å². The molecular weight excluding hydrogens is 409 g/mol. The minimum Gasteiger partial charge on any atom is -0.425 e. The first-order valence-electron chi connectivity index (χ1n) is 10.3. The summed E-state index contributed by atoms with van der Waals surface area (Å²) in [5, 5.41) is 2.80. The minimum absolute atomic E-state index is 0.232. The highest BCUT2D eigenvalue weighted by molar-refractivity contribution is 6.23. The number of ketones is 1. The number of esters is 1. The van der Waals surface area contributed by atoms with Crippen LogP contribution in [0.4, 0.5) is 10.1 Å². The van der Waals surface area contributed by atoms with Crippen molar-refractivity contribution in [2.75, 3.05) is 5.32 Å². The summed E-state index contributed by atoms with van der Waals surface area (Å²) in [4.78, 5) is 40.6. The van der Waals surface area contributed by atoms with Crippen molar-refractivity contribution in [2.45, 2.75) is 19.8 Å². The highest BCUT2D eigenvalue weighted by Crippen LogP contribution is 2.78. The van der Waals surface area contributed by atoms with Crippen LogP contribution < -0.4 is 10.1 Å². The second-order valence-electron chi connectivity index (χ2n) is 8.53. The molecule has 0 aromatic heterocycles. The first-order chi connectivity index (χ1) is 15.3. The first kappa shape index (κ1) is 20.1. The third-order valence-corrected chi connectivity index (χ3v) is 6.75. The third kappa shape index (κ3) is 2.59. The number of rotatable bonds is 4. The lowest BCUT2D eigenvalue weighted by atomic mass is 9.86. The van der Waals surface area contributed by atoms with Gasteiger partial charge in [-0.05, 0) is 56.3 Å². The van der Waals surface area contributed by atoms with E-state index in [0.717, 1.165) is 5.56 Å². The third-order valence-electron chi connectivity index (χ3n) is 6.75. The lowest BCUT2D eigenvalue weighted by molar-refractivity contribution is -0.147. The molecule has 1 heterocycles. The fraction of sp³-hybridized carbons (Fsp3) is 0.192. The summed E-state index contributed by atoms with van der Waals surface area (Å²) in [5.41, 5.74) is -0.710. The summed E-state index contributed by atoms with van der Waals surface area (Å²) in [5.74, 6) is -2.59. The van der Waals surface area contributed by atoms with Crippen LogP contribution in [0.3, 0.4) is 0 Å². The van der Waals surface area contributed by atoms with E-state index in [9.17, 15) is 18.8 Å². The van der Waals surface area contributed by atoms with Gasteiger partial charge >= 0.3 is 5.97 Å². The molecule has 0 spiro atoms. The quantitative estimate of drug-likeness (QED) is 0.283. The van der Waals surface area contributed by atoms with E-state index >= 15 is 0 Å². The standard InChI is InChI=1S/C26H20FNO4/c1-15-7-13-18(14-8-15)28-23(30)26-21(19-5-3-4-6-20(19)32-24(26)31)25(26,2)22(29)16-9-11-17(27)12-10-16/h3-14,21H,1-2H3,(H,28,30)/t21-,25+,26+/m1/s1. The van der Waals surface area contributed by atoms with Crippen LogP contribution in [0.15, 0.2) is 72.8 Å². The molecule has 6 heteroatoms. The number of Topliss-reactive ketones (excluding diaryl/α,β-unsaturated/α-hetero) is 1. The molecule has 1 fully saturated rings. The fourth-order valence-corrected chi connectivity index (χ4v) is 5.02. The molecule has 3 atom stereocenters. The molecule has 5 nitrogen and oxygen atoms in total. The number of aryl methyl sites for hydroxylation is 1. The number of benzene rings is 3. The Morgan fingerprint density at radius 3 is 2.31 bits per heavy atom. The van der Waals surface area contributed by atoms with E-state index in [0.29, 0.717) is 17.0 Å². The fourth-order valence-electron chi connectivity index (χ4n) is 5.02. The number of ether oxygens (including phenoxy) is 1. The van der Waals surface area contributed by atoms with Gasteiger partial charge in [-0.15, -0.1) is 0 Å². The lowest BCUT2D eigenvalue weighted by Gasteiger charge is -2.23. The Kier molecular flexibility index (Phi) is 4.31. The summed E-state index contributed by atoms with van der Waals surface area (Å²) in [7, 11) is 0. The van der Waals surface area contributed by atoms with Gasteiger partial charge in [-0.1, -0.05) is 35.9 Å². The molecule has 3 aromatic rings. The highest BCUT2D eigenvalue weighted by Gasteiger charge is 2.88. The summed E-state index contributed by atoms with van der Waals surface area (Å²) in [6.45, 7) is 3.54. The Hall–Kier alpha value is -3.80. The van der Waals surface area contributed by atoms with Crippen LogP contribution in [-0.2, 0) is 9.59 Å². The van der Waals surface area contributed by atoms with Crippen molar-refractivity contribution < 1.29 is 23.5 Å². The predicted octanol–water partition coefficient (Wildman–Crippen LogP) is 4.66. The van der Waals surface area contributed by atoms with E-state index in [1.165, 1.54) is 24.3 Å². The second-order valence-corrected chi connectivity index (χ2v) is 8.53. The number of nitrogens with one attached hydrogen (secondary N) is 1. The molecule has 1 saturated carbocycles. The van der Waals surface area contributed by atoms with Crippen LogP contribution in [0.1, 0.15) is 34.3 Å². The van der Waals surface area contributed by atoms with Crippen LogP contribution in [0.5, 0.6) is 5.75 Å². The van der Waals surface area contributed by atoms with E-state index in [-0.39, 0.29) is 5.56 Å². The molecule has 160 valence electrons. The van der Waals surface area contributed by atoms with Gasteiger partial charge < -0.3 is 10.1 Å². The monoisotopic (exact) mass is 429 g/mol. The first-order valence-corrected chi connectivity index (χ1v) is 10.3. The van der Waals surface area contributed by atoms with E-state index in [1.54, 1.807) is 43.3 Å². The van der Waals surface area contributed by atoms with Crippen LogP contribution >= 0.6 is 0 Å². The number of halogens is 1. The van der Waals surface area contributed by atoms with Crippen molar-refractivity contribution in [2.24, 2.45) is 10.8 Å². The molecule has 1 aliphatic heterocycles. The Morgan fingerprint density at radius 1 is 0.969 bits per heavy atom. The molecule has 5 rings (SSSR count). The van der Waals surface area contributed by atoms with Crippen LogP contribution in [0.25, 0.3) is 0 Å². The Morgan fingerprint density at radius 2 is 1.62 bits per heavy atom. The molecule has 0 saturated heterocycles. The molecule has 1 N–H and O–H groups in total. The van der Waals surface area contributed by atoms with Gasteiger partial charge in [-0.3, -0.25) is 14.4 Å². The second kappa shape index (κ2) is 6.85. The Labute approximate surface area is 184 Å². The van der Waals surface area contributed by atoms with Gasteiger partial charge in [0.25, 0.3) is 0 Å². The molecule has 1 aliphatic carbocycles. The lowest BCUT2D eigenvalue weighted by Crippen LogP contribution is -2.42. The number of carbonyl (C=O) groups excluding carboxylic acids is 3. The average Bonchev–Trinajstić information content (AvgIpc) is 3.39. The number of carbonyl (C=O) groups is 3.